The van der Waals surface area contributed by atoms with E-state index in [9.17, 15) is 0 Å². The summed E-state index contributed by atoms with van der Waals surface area (Å²) in [6, 6.07) is 10.0. The van der Waals surface area contributed by atoms with Crippen molar-refractivity contribution >= 4 is 10.9 Å². The maximum absolute atomic E-state index is 5.62. The number of benzene rings is 1. The van der Waals surface area contributed by atoms with Gasteiger partial charge >= 0.3 is 0 Å². The lowest BCUT2D eigenvalue weighted by Gasteiger charge is -2.06. The van der Waals surface area contributed by atoms with Crippen molar-refractivity contribution in [3.8, 4) is 5.75 Å². The Balaban J connectivity index is 2.01. The molecule has 2 heterocycles. The summed E-state index contributed by atoms with van der Waals surface area (Å²) in [7, 11) is 0. The molecule has 3 rings (SSSR count). The molecule has 0 aliphatic heterocycles. The Labute approximate surface area is 105 Å². The quantitative estimate of drug-likeness (QED) is 0.706. The van der Waals surface area contributed by atoms with Gasteiger partial charge in [0.05, 0.1) is 24.9 Å². The minimum absolute atomic E-state index is 0.673. The molecule has 0 radical (unpaired) electrons. The molecule has 4 nitrogen and oxygen atoms in total. The molecule has 0 fully saturated rings. The van der Waals surface area contributed by atoms with E-state index in [1.807, 2.05) is 31.3 Å². The van der Waals surface area contributed by atoms with Crippen LogP contribution in [0.15, 0.2) is 47.2 Å². The minimum Gasteiger partial charge on any atom is -0.493 e. The van der Waals surface area contributed by atoms with E-state index in [0.717, 1.165) is 22.4 Å². The summed E-state index contributed by atoms with van der Waals surface area (Å²) in [4.78, 5) is 0. The molecule has 0 bridgehead atoms. The fourth-order valence-electron chi connectivity index (χ4n) is 2.11. The molecule has 0 saturated heterocycles. The average Bonchev–Trinajstić information content (AvgIpc) is 3.01. The Morgan fingerprint density at radius 2 is 2.22 bits per heavy atom. The van der Waals surface area contributed by atoms with Gasteiger partial charge in [-0.3, -0.25) is 0 Å². The first kappa shape index (κ1) is 10.9. The van der Waals surface area contributed by atoms with Gasteiger partial charge < -0.3 is 13.8 Å². The first-order chi connectivity index (χ1) is 8.88. The van der Waals surface area contributed by atoms with Crippen molar-refractivity contribution < 1.29 is 9.26 Å². The zero-order valence-corrected chi connectivity index (χ0v) is 10.2. The van der Waals surface area contributed by atoms with E-state index in [1.165, 1.54) is 0 Å². The molecular weight excluding hydrogens is 228 g/mol. The van der Waals surface area contributed by atoms with Crippen molar-refractivity contribution in [3.63, 3.8) is 0 Å². The monoisotopic (exact) mass is 242 g/mol. The summed E-state index contributed by atoms with van der Waals surface area (Å²) in [5, 5.41) is 4.84. The van der Waals surface area contributed by atoms with Gasteiger partial charge in [-0.05, 0) is 25.1 Å². The standard InChI is InChI=1S/C14H14N2O2/c1-2-17-14-5-3-4-13-12(14)7-9-16(13)10-11-6-8-15-18-11/h3-9H,2,10H2,1H3. The van der Waals surface area contributed by atoms with Gasteiger partial charge in [0.1, 0.15) is 5.75 Å². The van der Waals surface area contributed by atoms with E-state index in [4.69, 9.17) is 9.26 Å². The Hall–Kier alpha value is -2.23. The Bertz CT molecular complexity index is 641. The third-order valence-electron chi connectivity index (χ3n) is 2.89. The van der Waals surface area contributed by atoms with Crippen LogP contribution in [0.25, 0.3) is 10.9 Å². The van der Waals surface area contributed by atoms with E-state index in [1.54, 1.807) is 6.20 Å². The zero-order valence-electron chi connectivity index (χ0n) is 10.2. The maximum atomic E-state index is 5.62. The molecule has 0 amide bonds. The van der Waals surface area contributed by atoms with Crippen LogP contribution in [-0.4, -0.2) is 16.3 Å². The molecule has 18 heavy (non-hydrogen) atoms. The number of rotatable bonds is 4. The molecule has 0 aliphatic rings. The highest BCUT2D eigenvalue weighted by atomic mass is 16.5. The number of fused-ring (bicyclic) bond motifs is 1. The lowest BCUT2D eigenvalue weighted by molar-refractivity contribution is 0.344. The normalized spacial score (nSPS) is 10.9. The molecule has 0 atom stereocenters. The van der Waals surface area contributed by atoms with Crippen molar-refractivity contribution in [3.05, 3.63) is 48.5 Å². The lowest BCUT2D eigenvalue weighted by Crippen LogP contribution is -1.97. The first-order valence-electron chi connectivity index (χ1n) is 5.98. The summed E-state index contributed by atoms with van der Waals surface area (Å²) in [6.07, 6.45) is 3.70. The average molecular weight is 242 g/mol. The van der Waals surface area contributed by atoms with Gasteiger partial charge in [-0.15, -0.1) is 0 Å². The van der Waals surface area contributed by atoms with Crippen molar-refractivity contribution in [1.82, 2.24) is 9.72 Å². The second kappa shape index (κ2) is 4.56. The number of hydrogen-bond donors (Lipinski definition) is 0. The van der Waals surface area contributed by atoms with Crippen molar-refractivity contribution in [2.45, 2.75) is 13.5 Å². The smallest absolute Gasteiger partial charge is 0.156 e. The van der Waals surface area contributed by atoms with Crippen LogP contribution < -0.4 is 4.74 Å². The predicted octanol–water partition coefficient (Wildman–Crippen LogP) is 3.08. The van der Waals surface area contributed by atoms with Gasteiger partial charge in [0, 0.05) is 17.6 Å². The highest BCUT2D eigenvalue weighted by Gasteiger charge is 2.07. The zero-order chi connectivity index (χ0) is 12.4. The molecule has 0 saturated carbocycles. The SMILES string of the molecule is CCOc1cccc2c1ccn2Cc1ccno1. The van der Waals surface area contributed by atoms with E-state index >= 15 is 0 Å². The highest BCUT2D eigenvalue weighted by Crippen LogP contribution is 2.27. The Kier molecular flexibility index (Phi) is 2.76. The number of ether oxygens (including phenoxy) is 1. The van der Waals surface area contributed by atoms with Gasteiger partial charge in [-0.1, -0.05) is 11.2 Å². The van der Waals surface area contributed by atoms with Crippen LogP contribution in [-0.2, 0) is 6.54 Å². The van der Waals surface area contributed by atoms with Crippen LogP contribution >= 0.6 is 0 Å². The van der Waals surface area contributed by atoms with Crippen LogP contribution in [0.1, 0.15) is 12.7 Å². The Morgan fingerprint density at radius 3 is 3.00 bits per heavy atom. The van der Waals surface area contributed by atoms with E-state index in [-0.39, 0.29) is 0 Å². The van der Waals surface area contributed by atoms with Crippen LogP contribution in [0.2, 0.25) is 0 Å². The molecular formula is C14H14N2O2. The summed E-state index contributed by atoms with van der Waals surface area (Å²) in [5.74, 6) is 1.76. The number of nitrogens with zero attached hydrogens (tertiary/aromatic N) is 2. The number of aromatic nitrogens is 2. The Morgan fingerprint density at radius 1 is 1.28 bits per heavy atom. The molecule has 3 aromatic rings. The van der Waals surface area contributed by atoms with Gasteiger partial charge in [-0.2, -0.15) is 0 Å². The fraction of sp³-hybridized carbons (Fsp3) is 0.214. The molecule has 1 aromatic carbocycles. The van der Waals surface area contributed by atoms with E-state index < -0.39 is 0 Å². The summed E-state index contributed by atoms with van der Waals surface area (Å²) >= 11 is 0. The maximum Gasteiger partial charge on any atom is 0.156 e. The third-order valence-corrected chi connectivity index (χ3v) is 2.89. The van der Waals surface area contributed by atoms with Gasteiger partial charge in [0.15, 0.2) is 5.76 Å². The summed E-state index contributed by atoms with van der Waals surface area (Å²) < 4.78 is 12.9. The van der Waals surface area contributed by atoms with Crippen LogP contribution in [0.5, 0.6) is 5.75 Å². The second-order valence-corrected chi connectivity index (χ2v) is 4.04. The van der Waals surface area contributed by atoms with Crippen molar-refractivity contribution in [1.29, 1.82) is 0 Å². The molecule has 0 unspecified atom stereocenters. The fourth-order valence-corrected chi connectivity index (χ4v) is 2.11. The van der Waals surface area contributed by atoms with Crippen LogP contribution in [0.4, 0.5) is 0 Å². The largest absolute Gasteiger partial charge is 0.493 e. The van der Waals surface area contributed by atoms with Gasteiger partial charge in [0.2, 0.25) is 0 Å². The van der Waals surface area contributed by atoms with E-state index in [0.29, 0.717) is 13.2 Å². The molecule has 2 aromatic heterocycles. The topological polar surface area (TPSA) is 40.2 Å². The molecule has 0 aliphatic carbocycles. The van der Waals surface area contributed by atoms with Crippen molar-refractivity contribution in [2.24, 2.45) is 0 Å². The van der Waals surface area contributed by atoms with Crippen LogP contribution in [0, 0.1) is 0 Å². The molecule has 92 valence electrons. The predicted molar refractivity (Wildman–Crippen MR) is 68.7 cm³/mol. The number of hydrogen-bond acceptors (Lipinski definition) is 3. The van der Waals surface area contributed by atoms with Gasteiger partial charge in [0.25, 0.3) is 0 Å². The third kappa shape index (κ3) is 1.86. The van der Waals surface area contributed by atoms with Gasteiger partial charge in [-0.25, -0.2) is 0 Å². The van der Waals surface area contributed by atoms with Crippen LogP contribution in [0.3, 0.4) is 0 Å². The summed E-state index contributed by atoms with van der Waals surface area (Å²) in [5.41, 5.74) is 1.14. The summed E-state index contributed by atoms with van der Waals surface area (Å²) in [6.45, 7) is 3.34. The highest BCUT2D eigenvalue weighted by molar-refractivity contribution is 5.86. The minimum atomic E-state index is 0.673. The molecule has 0 N–H and O–H groups in total. The first-order valence-corrected chi connectivity index (χ1v) is 5.98. The van der Waals surface area contributed by atoms with E-state index in [2.05, 4.69) is 21.9 Å². The molecule has 4 heteroatoms. The lowest BCUT2D eigenvalue weighted by atomic mass is 10.2. The molecule has 0 spiro atoms. The second-order valence-electron chi connectivity index (χ2n) is 4.04. The van der Waals surface area contributed by atoms with Crippen molar-refractivity contribution in [2.75, 3.05) is 6.61 Å².